The van der Waals surface area contributed by atoms with Crippen LogP contribution in [0.25, 0.3) is 0 Å². The number of nitrogens with zero attached hydrogens (tertiary/aromatic N) is 2. The van der Waals surface area contributed by atoms with E-state index in [0.29, 0.717) is 0 Å². The molecule has 0 heterocycles. The standard InChI is InChI=1S/C5H12N2P/c1-7(2,3)8(4)5-6/h1-4H3/q+1. The molecule has 0 aliphatic heterocycles. The predicted octanol–water partition coefficient (Wildman–Crippen LogP) is 1.20. The van der Waals surface area contributed by atoms with Crippen molar-refractivity contribution >= 4 is 8.07 Å². The number of hydrogen-bond donors (Lipinski definition) is 0. The molecule has 0 bridgehead atoms. The zero-order valence-corrected chi connectivity index (χ0v) is 6.74. The Morgan fingerprint density at radius 3 is 1.75 bits per heavy atom. The Labute approximate surface area is 52.1 Å². The summed E-state index contributed by atoms with van der Waals surface area (Å²) in [7, 11) is 5.63. The van der Waals surface area contributed by atoms with E-state index in [2.05, 4.69) is 5.81 Å². The van der Waals surface area contributed by atoms with E-state index in [1.165, 1.54) is 0 Å². The first-order valence-electron chi connectivity index (χ1n) is 2.44. The van der Waals surface area contributed by atoms with E-state index >= 15 is 0 Å². The topological polar surface area (TPSA) is 23.8 Å². The van der Waals surface area contributed by atoms with Crippen molar-refractivity contribution in [3.63, 3.8) is 0 Å². The second kappa shape index (κ2) is 2.44. The maximum absolute atomic E-state index is 8.43. The molecule has 1 atom stereocenters. The Kier molecular flexibility index (Phi) is 2.40. The van der Waals surface area contributed by atoms with Crippen LogP contribution in [0, 0.1) is 11.1 Å². The zero-order chi connectivity index (χ0) is 6.78. The molecule has 0 fully saturated rings. The molecule has 0 radical (unpaired) electrons. The first kappa shape index (κ1) is 7.88. The molecule has 0 aromatic carbocycles. The third-order valence-electron chi connectivity index (χ3n) is 1.04. The van der Waals surface area contributed by atoms with E-state index in [-0.39, 0.29) is 0 Å². The van der Waals surface area contributed by atoms with Crippen LogP contribution in [-0.2, 0) is 0 Å². The molecular formula is C5H12N2P+. The van der Waals surface area contributed by atoms with E-state index in [9.17, 15) is 0 Å². The lowest BCUT2D eigenvalue weighted by molar-refractivity contribution is -0.738. The fourth-order valence-electron chi connectivity index (χ4n) is 0.134. The van der Waals surface area contributed by atoms with Crippen LogP contribution in [0.3, 0.4) is 0 Å². The van der Waals surface area contributed by atoms with Crippen LogP contribution in [0.4, 0.5) is 0 Å². The molecule has 3 heteroatoms. The smallest absolute Gasteiger partial charge is 0.208 e. The molecule has 0 aliphatic carbocycles. The van der Waals surface area contributed by atoms with Crippen LogP contribution in [0.2, 0.25) is 0 Å². The lowest BCUT2D eigenvalue weighted by atomic mass is 11.0. The molecule has 1 unspecified atom stereocenters. The highest BCUT2D eigenvalue weighted by atomic mass is 31.1. The number of nitriles is 1. The average molecular weight is 131 g/mol. The Hall–Kier alpha value is -0.120. The summed E-state index contributed by atoms with van der Waals surface area (Å²) < 4.78 is 0.784. The minimum atomic E-state index is -0.476. The molecule has 0 amide bonds. The van der Waals surface area contributed by atoms with Crippen LogP contribution in [-0.4, -0.2) is 32.1 Å². The third kappa shape index (κ3) is 2.26. The molecular weight excluding hydrogens is 119 g/mol. The van der Waals surface area contributed by atoms with Crippen LogP contribution < -0.4 is 0 Å². The zero-order valence-electron chi connectivity index (χ0n) is 5.84. The lowest BCUT2D eigenvalue weighted by Crippen LogP contribution is -2.26. The van der Waals surface area contributed by atoms with Gasteiger partial charge in [0.15, 0.2) is 5.81 Å². The van der Waals surface area contributed by atoms with Crippen molar-refractivity contribution < 1.29 is 4.25 Å². The van der Waals surface area contributed by atoms with Gasteiger partial charge in [0.25, 0.3) is 0 Å². The highest BCUT2D eigenvalue weighted by molar-refractivity contribution is 7.56. The Bertz CT molecular complexity index is 109. The van der Waals surface area contributed by atoms with Gasteiger partial charge in [0.1, 0.15) is 0 Å². The summed E-state index contributed by atoms with van der Waals surface area (Å²) in [6.07, 6.45) is 0. The number of quaternary nitrogens is 1. The summed E-state index contributed by atoms with van der Waals surface area (Å²) in [4.78, 5) is 0. The van der Waals surface area contributed by atoms with E-state index < -0.39 is 8.07 Å². The Morgan fingerprint density at radius 2 is 1.75 bits per heavy atom. The molecule has 0 saturated carbocycles. The normalized spacial score (nSPS) is 14.9. The van der Waals surface area contributed by atoms with E-state index in [0.717, 1.165) is 4.25 Å². The van der Waals surface area contributed by atoms with Gasteiger partial charge in [-0.3, -0.25) is 0 Å². The van der Waals surface area contributed by atoms with Crippen molar-refractivity contribution in [2.75, 3.05) is 27.8 Å². The monoisotopic (exact) mass is 131 g/mol. The predicted molar refractivity (Wildman–Crippen MR) is 36.5 cm³/mol. The van der Waals surface area contributed by atoms with Gasteiger partial charge in [0.2, 0.25) is 8.07 Å². The van der Waals surface area contributed by atoms with Crippen LogP contribution in [0.1, 0.15) is 0 Å². The van der Waals surface area contributed by atoms with Crippen molar-refractivity contribution in [2.45, 2.75) is 0 Å². The summed E-state index contributed by atoms with van der Waals surface area (Å²) in [6, 6.07) is 0. The van der Waals surface area contributed by atoms with E-state index in [1.54, 1.807) is 0 Å². The van der Waals surface area contributed by atoms with Crippen molar-refractivity contribution in [1.29, 1.82) is 5.26 Å². The second-order valence-corrected chi connectivity index (χ2v) is 5.01. The van der Waals surface area contributed by atoms with Gasteiger partial charge < -0.3 is 4.25 Å². The van der Waals surface area contributed by atoms with Crippen molar-refractivity contribution in [3.05, 3.63) is 0 Å². The fourth-order valence-corrected chi connectivity index (χ4v) is 0.402. The molecule has 2 nitrogen and oxygen atoms in total. The van der Waals surface area contributed by atoms with Gasteiger partial charge in [-0.15, -0.1) is 0 Å². The fraction of sp³-hybridized carbons (Fsp3) is 0.800. The number of hydrogen-bond acceptors (Lipinski definition) is 1. The summed E-state index contributed by atoms with van der Waals surface area (Å²) in [5, 5.41) is 8.43. The molecule has 0 N–H and O–H groups in total. The van der Waals surface area contributed by atoms with Crippen molar-refractivity contribution in [3.8, 4) is 5.81 Å². The van der Waals surface area contributed by atoms with Crippen LogP contribution in [0.15, 0.2) is 0 Å². The summed E-state index contributed by atoms with van der Waals surface area (Å²) >= 11 is 0. The van der Waals surface area contributed by atoms with E-state index in [4.69, 9.17) is 5.26 Å². The SMILES string of the molecule is CP(C#N)[N+](C)(C)C. The summed E-state index contributed by atoms with van der Waals surface area (Å²) in [5.74, 6) is 2.24. The molecule has 0 rings (SSSR count). The quantitative estimate of drug-likeness (QED) is 0.490. The molecule has 0 aromatic heterocycles. The minimum absolute atomic E-state index is 0.476. The maximum atomic E-state index is 8.43. The van der Waals surface area contributed by atoms with Crippen LogP contribution >= 0.6 is 8.07 Å². The molecule has 0 saturated heterocycles. The highest BCUT2D eigenvalue weighted by Gasteiger charge is 2.17. The summed E-state index contributed by atoms with van der Waals surface area (Å²) in [6.45, 7) is 1.98. The van der Waals surface area contributed by atoms with Crippen molar-refractivity contribution in [1.82, 2.24) is 0 Å². The van der Waals surface area contributed by atoms with Gasteiger partial charge in [-0.2, -0.15) is 5.26 Å². The highest BCUT2D eigenvalue weighted by Crippen LogP contribution is 2.36. The Morgan fingerprint density at radius 1 is 1.38 bits per heavy atom. The molecule has 0 spiro atoms. The molecule has 8 heavy (non-hydrogen) atoms. The van der Waals surface area contributed by atoms with Gasteiger partial charge in [-0.1, -0.05) is 0 Å². The third-order valence-corrected chi connectivity index (χ3v) is 3.13. The lowest BCUT2D eigenvalue weighted by Gasteiger charge is -2.24. The summed E-state index contributed by atoms with van der Waals surface area (Å²) in [5.41, 5.74) is 0. The minimum Gasteiger partial charge on any atom is -0.306 e. The van der Waals surface area contributed by atoms with Gasteiger partial charge >= 0.3 is 0 Å². The Balaban J connectivity index is 3.87. The van der Waals surface area contributed by atoms with Gasteiger partial charge in [0, 0.05) is 6.66 Å². The van der Waals surface area contributed by atoms with Gasteiger partial charge in [-0.25, -0.2) is 0 Å². The molecule has 46 valence electrons. The first-order chi connectivity index (χ1) is 3.48. The largest absolute Gasteiger partial charge is 0.306 e. The van der Waals surface area contributed by atoms with Crippen LogP contribution in [0.5, 0.6) is 0 Å². The van der Waals surface area contributed by atoms with Crippen molar-refractivity contribution in [2.24, 2.45) is 0 Å². The molecule has 0 aliphatic rings. The number of rotatable bonds is 1. The van der Waals surface area contributed by atoms with E-state index in [1.807, 2.05) is 27.8 Å². The average Bonchev–Trinajstić information content (AvgIpc) is 1.62. The van der Waals surface area contributed by atoms with Gasteiger partial charge in [0.05, 0.1) is 21.1 Å². The first-order valence-corrected chi connectivity index (χ1v) is 4.18. The maximum Gasteiger partial charge on any atom is 0.208 e. The second-order valence-electron chi connectivity index (χ2n) is 2.57. The molecule has 0 aromatic rings. The van der Waals surface area contributed by atoms with Gasteiger partial charge in [-0.05, 0) is 0 Å².